The van der Waals surface area contributed by atoms with Gasteiger partial charge in [-0.05, 0) is 24.4 Å². The number of alkyl halides is 3. The molecule has 0 spiro atoms. The molecule has 9 heteroatoms. The number of thiophene rings is 1. The molecule has 0 N–H and O–H groups in total. The maximum absolute atomic E-state index is 12.9. The van der Waals surface area contributed by atoms with Crippen molar-refractivity contribution in [2.45, 2.75) is 19.6 Å². The van der Waals surface area contributed by atoms with Crippen molar-refractivity contribution in [1.82, 2.24) is 19.7 Å². The van der Waals surface area contributed by atoms with Gasteiger partial charge in [0, 0.05) is 17.1 Å². The van der Waals surface area contributed by atoms with Crippen LogP contribution in [0.2, 0.25) is 0 Å². The van der Waals surface area contributed by atoms with Crippen LogP contribution in [0, 0.1) is 6.92 Å². The maximum Gasteiger partial charge on any atom is 0.406 e. The van der Waals surface area contributed by atoms with E-state index in [0.717, 1.165) is 9.78 Å². The molecular formula is C18H17F3N4OS. The van der Waals surface area contributed by atoms with Crippen LogP contribution < -0.4 is 0 Å². The standard InChI is InChI=1S/C18H17F3N4OS/c1-3-6-24(11-18(19,20)21)17(26)14-8-12(2)23-16-15(14)9-22-25(16)10-13-5-4-7-27-13/h3-5,7-9H,1,6,10-11H2,2H3. The first-order valence-electron chi connectivity index (χ1n) is 8.11. The molecule has 3 aromatic rings. The van der Waals surface area contributed by atoms with Crippen molar-refractivity contribution in [2.24, 2.45) is 0 Å². The van der Waals surface area contributed by atoms with Crippen LogP contribution in [-0.2, 0) is 6.54 Å². The lowest BCUT2D eigenvalue weighted by Crippen LogP contribution is -2.39. The summed E-state index contributed by atoms with van der Waals surface area (Å²) in [5, 5.41) is 6.65. The Labute approximate surface area is 157 Å². The smallest absolute Gasteiger partial charge is 0.326 e. The minimum absolute atomic E-state index is 0.154. The van der Waals surface area contributed by atoms with E-state index >= 15 is 0 Å². The van der Waals surface area contributed by atoms with Gasteiger partial charge in [0.2, 0.25) is 0 Å². The third kappa shape index (κ3) is 4.36. The Hall–Kier alpha value is -2.68. The number of pyridine rings is 1. The fraction of sp³-hybridized carbons (Fsp3) is 0.278. The average molecular weight is 394 g/mol. The number of amides is 1. The summed E-state index contributed by atoms with van der Waals surface area (Å²) in [6, 6.07) is 5.37. The van der Waals surface area contributed by atoms with E-state index in [1.807, 2.05) is 17.5 Å². The monoisotopic (exact) mass is 394 g/mol. The first-order chi connectivity index (χ1) is 12.8. The quantitative estimate of drug-likeness (QED) is 0.593. The molecule has 3 aromatic heterocycles. The lowest BCUT2D eigenvalue weighted by molar-refractivity contribution is -0.139. The molecule has 0 aliphatic rings. The van der Waals surface area contributed by atoms with Gasteiger partial charge >= 0.3 is 6.18 Å². The Bertz CT molecular complexity index is 963. The summed E-state index contributed by atoms with van der Waals surface area (Å²) in [4.78, 5) is 19.0. The van der Waals surface area contributed by atoms with Crippen molar-refractivity contribution < 1.29 is 18.0 Å². The third-order valence-electron chi connectivity index (χ3n) is 3.86. The molecule has 0 radical (unpaired) electrons. The van der Waals surface area contributed by atoms with Crippen LogP contribution in [0.5, 0.6) is 0 Å². The second kappa shape index (κ2) is 7.51. The zero-order valence-electron chi connectivity index (χ0n) is 14.5. The number of hydrogen-bond acceptors (Lipinski definition) is 4. The summed E-state index contributed by atoms with van der Waals surface area (Å²) < 4.78 is 40.2. The lowest BCUT2D eigenvalue weighted by atomic mass is 10.1. The zero-order chi connectivity index (χ0) is 19.6. The van der Waals surface area contributed by atoms with Gasteiger partial charge in [0.15, 0.2) is 5.65 Å². The van der Waals surface area contributed by atoms with Crippen LogP contribution in [0.15, 0.2) is 42.4 Å². The fourth-order valence-electron chi connectivity index (χ4n) is 2.78. The number of carbonyl (C=O) groups excluding carboxylic acids is 1. The van der Waals surface area contributed by atoms with E-state index in [1.54, 1.807) is 22.9 Å². The van der Waals surface area contributed by atoms with E-state index in [2.05, 4.69) is 16.7 Å². The Balaban J connectivity index is 2.01. The summed E-state index contributed by atoms with van der Waals surface area (Å²) in [5.74, 6) is -0.724. The first-order valence-corrected chi connectivity index (χ1v) is 8.99. The molecule has 3 heterocycles. The van der Waals surface area contributed by atoms with Crippen LogP contribution >= 0.6 is 11.3 Å². The number of carbonyl (C=O) groups is 1. The van der Waals surface area contributed by atoms with Crippen LogP contribution in [0.4, 0.5) is 13.2 Å². The largest absolute Gasteiger partial charge is 0.406 e. The molecule has 5 nitrogen and oxygen atoms in total. The molecule has 0 aromatic carbocycles. The molecule has 0 unspecified atom stereocenters. The van der Waals surface area contributed by atoms with E-state index < -0.39 is 18.6 Å². The van der Waals surface area contributed by atoms with Crippen LogP contribution in [0.1, 0.15) is 20.9 Å². The van der Waals surface area contributed by atoms with E-state index in [9.17, 15) is 18.0 Å². The van der Waals surface area contributed by atoms with Crippen LogP contribution in [-0.4, -0.2) is 44.8 Å². The van der Waals surface area contributed by atoms with Crippen molar-refractivity contribution in [3.63, 3.8) is 0 Å². The normalized spacial score (nSPS) is 11.7. The van der Waals surface area contributed by atoms with Crippen molar-refractivity contribution in [3.8, 4) is 0 Å². The summed E-state index contributed by atoms with van der Waals surface area (Å²) >= 11 is 1.56. The molecule has 0 atom stereocenters. The minimum atomic E-state index is -4.50. The van der Waals surface area contributed by atoms with E-state index in [1.165, 1.54) is 18.3 Å². The van der Waals surface area contributed by atoms with Gasteiger partial charge in [0.25, 0.3) is 5.91 Å². The number of aryl methyl sites for hydroxylation is 1. The SMILES string of the molecule is C=CCN(CC(F)(F)F)C(=O)c1cc(C)nc2c1cnn2Cc1cccs1. The van der Waals surface area contributed by atoms with Gasteiger partial charge in [-0.25, -0.2) is 9.67 Å². The van der Waals surface area contributed by atoms with Gasteiger partial charge < -0.3 is 4.90 Å². The van der Waals surface area contributed by atoms with Gasteiger partial charge in [-0.3, -0.25) is 4.79 Å². The molecule has 142 valence electrons. The number of rotatable bonds is 6. The summed E-state index contributed by atoms with van der Waals surface area (Å²) in [5.41, 5.74) is 1.16. The molecule has 1 amide bonds. The maximum atomic E-state index is 12.9. The Morgan fingerprint density at radius 1 is 1.44 bits per heavy atom. The van der Waals surface area contributed by atoms with Gasteiger partial charge in [0.05, 0.1) is 23.7 Å². The van der Waals surface area contributed by atoms with Gasteiger partial charge in [0.1, 0.15) is 6.54 Å². The predicted octanol–water partition coefficient (Wildman–Crippen LogP) is 4.04. The highest BCUT2D eigenvalue weighted by Crippen LogP contribution is 2.24. The highest BCUT2D eigenvalue weighted by Gasteiger charge is 2.33. The minimum Gasteiger partial charge on any atom is -0.326 e. The Kier molecular flexibility index (Phi) is 5.31. The highest BCUT2D eigenvalue weighted by atomic mass is 32.1. The van der Waals surface area contributed by atoms with Crippen molar-refractivity contribution in [3.05, 3.63) is 58.6 Å². The summed E-state index contributed by atoms with van der Waals surface area (Å²) in [6.45, 7) is 4.07. The number of nitrogens with zero attached hydrogens (tertiary/aromatic N) is 4. The number of hydrogen-bond donors (Lipinski definition) is 0. The molecule has 0 saturated carbocycles. The first kappa shape index (κ1) is 19.1. The predicted molar refractivity (Wildman–Crippen MR) is 97.8 cm³/mol. The van der Waals surface area contributed by atoms with Crippen LogP contribution in [0.25, 0.3) is 11.0 Å². The van der Waals surface area contributed by atoms with E-state index in [0.29, 0.717) is 23.3 Å². The molecular weight excluding hydrogens is 377 g/mol. The summed E-state index contributed by atoms with van der Waals surface area (Å²) in [6.07, 6.45) is -1.75. The number of aromatic nitrogens is 3. The van der Waals surface area contributed by atoms with Gasteiger partial charge in [-0.15, -0.1) is 17.9 Å². The Morgan fingerprint density at radius 2 is 2.22 bits per heavy atom. The van der Waals surface area contributed by atoms with Gasteiger partial charge in [-0.1, -0.05) is 12.1 Å². The fourth-order valence-corrected chi connectivity index (χ4v) is 3.46. The lowest BCUT2D eigenvalue weighted by Gasteiger charge is -2.23. The highest BCUT2D eigenvalue weighted by molar-refractivity contribution is 7.09. The average Bonchev–Trinajstić information content (AvgIpc) is 3.23. The third-order valence-corrected chi connectivity index (χ3v) is 4.72. The molecule has 0 fully saturated rings. The molecule has 0 bridgehead atoms. The van der Waals surface area contributed by atoms with E-state index in [-0.39, 0.29) is 12.1 Å². The second-order valence-electron chi connectivity index (χ2n) is 6.02. The van der Waals surface area contributed by atoms with Crippen molar-refractivity contribution in [2.75, 3.05) is 13.1 Å². The van der Waals surface area contributed by atoms with E-state index in [4.69, 9.17) is 0 Å². The number of halogens is 3. The molecule has 3 rings (SSSR count). The van der Waals surface area contributed by atoms with Crippen molar-refractivity contribution >= 4 is 28.3 Å². The molecule has 27 heavy (non-hydrogen) atoms. The second-order valence-corrected chi connectivity index (χ2v) is 7.05. The molecule has 0 saturated heterocycles. The molecule has 0 aliphatic carbocycles. The van der Waals surface area contributed by atoms with Crippen molar-refractivity contribution in [1.29, 1.82) is 0 Å². The number of fused-ring (bicyclic) bond motifs is 1. The summed E-state index contributed by atoms with van der Waals surface area (Å²) in [7, 11) is 0. The van der Waals surface area contributed by atoms with Crippen LogP contribution in [0.3, 0.4) is 0 Å². The van der Waals surface area contributed by atoms with Gasteiger partial charge in [-0.2, -0.15) is 18.3 Å². The zero-order valence-corrected chi connectivity index (χ0v) is 15.3. The molecule has 0 aliphatic heterocycles. The Morgan fingerprint density at radius 3 is 2.85 bits per heavy atom. The topological polar surface area (TPSA) is 51.0 Å².